The Hall–Kier alpha value is -1.61. The van der Waals surface area contributed by atoms with Crippen LogP contribution in [0, 0.1) is 0 Å². The normalized spacial score (nSPS) is 10.6. The van der Waals surface area contributed by atoms with Gasteiger partial charge in [0.1, 0.15) is 0 Å². The molecule has 15 heavy (non-hydrogen) atoms. The maximum Gasteiger partial charge on any atom is 0.0707 e. The molecule has 0 fully saturated rings. The summed E-state index contributed by atoms with van der Waals surface area (Å²) in [7, 11) is 4.06. The second kappa shape index (κ2) is 3.87. The average Bonchev–Trinajstić information content (AvgIpc) is 2.27. The monoisotopic (exact) mass is 201 g/mol. The minimum absolute atomic E-state index is 0.491. The third-order valence-electron chi connectivity index (χ3n) is 2.46. The Balaban J connectivity index is 2.55. The molecule has 0 amide bonds. The summed E-state index contributed by atoms with van der Waals surface area (Å²) in [5.41, 5.74) is 8.67. The van der Waals surface area contributed by atoms with Gasteiger partial charge >= 0.3 is 0 Å². The number of hydrogen-bond donors (Lipinski definition) is 1. The summed E-state index contributed by atoms with van der Waals surface area (Å²) < 4.78 is 0. The van der Waals surface area contributed by atoms with Gasteiger partial charge in [0.2, 0.25) is 0 Å². The topological polar surface area (TPSA) is 42.2 Å². The number of nitrogens with two attached hydrogens (primary N) is 1. The molecule has 3 nitrogen and oxygen atoms in total. The van der Waals surface area contributed by atoms with Crippen LogP contribution in [0.1, 0.15) is 5.69 Å². The zero-order valence-electron chi connectivity index (χ0n) is 9.07. The van der Waals surface area contributed by atoms with Crippen LogP contribution in [0.5, 0.6) is 0 Å². The number of aromatic nitrogens is 1. The van der Waals surface area contributed by atoms with E-state index in [1.165, 1.54) is 5.69 Å². The van der Waals surface area contributed by atoms with E-state index in [9.17, 15) is 0 Å². The van der Waals surface area contributed by atoms with Crippen LogP contribution in [0.2, 0.25) is 0 Å². The Morgan fingerprint density at radius 2 is 2.00 bits per heavy atom. The first-order chi connectivity index (χ1) is 7.20. The molecule has 1 aromatic heterocycles. The molecule has 78 valence electrons. The van der Waals surface area contributed by atoms with Crippen molar-refractivity contribution in [3.8, 4) is 0 Å². The third kappa shape index (κ3) is 1.92. The number of fused-ring (bicyclic) bond motifs is 1. The minimum Gasteiger partial charge on any atom is -0.378 e. The SMILES string of the molecule is CN(C)c1ccc2nc(CN)ccc2c1. The molecule has 2 N–H and O–H groups in total. The van der Waals surface area contributed by atoms with Crippen molar-refractivity contribution in [1.82, 2.24) is 4.98 Å². The van der Waals surface area contributed by atoms with Gasteiger partial charge in [-0.05, 0) is 24.3 Å². The molecule has 0 aliphatic heterocycles. The molecule has 0 bridgehead atoms. The highest BCUT2D eigenvalue weighted by Gasteiger charge is 2.00. The smallest absolute Gasteiger partial charge is 0.0707 e. The third-order valence-corrected chi connectivity index (χ3v) is 2.46. The molecule has 0 saturated heterocycles. The molecule has 2 rings (SSSR count). The Morgan fingerprint density at radius 1 is 1.20 bits per heavy atom. The highest BCUT2D eigenvalue weighted by atomic mass is 15.1. The van der Waals surface area contributed by atoms with E-state index in [-0.39, 0.29) is 0 Å². The Bertz CT molecular complexity index is 477. The number of hydrogen-bond acceptors (Lipinski definition) is 3. The molecule has 0 atom stereocenters. The van der Waals surface area contributed by atoms with E-state index in [4.69, 9.17) is 5.73 Å². The summed E-state index contributed by atoms with van der Waals surface area (Å²) in [6, 6.07) is 10.3. The lowest BCUT2D eigenvalue weighted by atomic mass is 10.1. The molecule has 0 aliphatic rings. The summed E-state index contributed by atoms with van der Waals surface area (Å²) in [5, 5.41) is 1.15. The van der Waals surface area contributed by atoms with E-state index in [1.54, 1.807) is 0 Å². The summed E-state index contributed by atoms with van der Waals surface area (Å²) in [6.07, 6.45) is 0. The van der Waals surface area contributed by atoms with Crippen LogP contribution >= 0.6 is 0 Å². The van der Waals surface area contributed by atoms with Crippen molar-refractivity contribution in [1.29, 1.82) is 0 Å². The zero-order chi connectivity index (χ0) is 10.8. The van der Waals surface area contributed by atoms with Crippen molar-refractivity contribution in [2.24, 2.45) is 5.73 Å². The van der Waals surface area contributed by atoms with Crippen LogP contribution < -0.4 is 10.6 Å². The largest absolute Gasteiger partial charge is 0.378 e. The maximum absolute atomic E-state index is 5.55. The number of rotatable bonds is 2. The van der Waals surface area contributed by atoms with Gasteiger partial charge < -0.3 is 10.6 Å². The second-order valence-corrected chi connectivity index (χ2v) is 3.78. The molecule has 0 saturated carbocycles. The lowest BCUT2D eigenvalue weighted by Crippen LogP contribution is -2.08. The molecule has 2 aromatic rings. The van der Waals surface area contributed by atoms with E-state index in [0.717, 1.165) is 16.6 Å². The Labute approximate surface area is 89.5 Å². The van der Waals surface area contributed by atoms with Gasteiger partial charge in [0.15, 0.2) is 0 Å². The van der Waals surface area contributed by atoms with Gasteiger partial charge in [-0.25, -0.2) is 0 Å². The fourth-order valence-electron chi connectivity index (χ4n) is 1.55. The van der Waals surface area contributed by atoms with Crippen LogP contribution in [0.25, 0.3) is 10.9 Å². The second-order valence-electron chi connectivity index (χ2n) is 3.78. The Kier molecular flexibility index (Phi) is 2.56. The van der Waals surface area contributed by atoms with E-state index in [0.29, 0.717) is 6.54 Å². The van der Waals surface area contributed by atoms with Crippen LogP contribution in [-0.4, -0.2) is 19.1 Å². The van der Waals surface area contributed by atoms with Crippen molar-refractivity contribution >= 4 is 16.6 Å². The van der Waals surface area contributed by atoms with Crippen molar-refractivity contribution < 1.29 is 0 Å². The summed E-state index contributed by atoms with van der Waals surface area (Å²) in [5.74, 6) is 0. The van der Waals surface area contributed by atoms with Gasteiger partial charge in [-0.15, -0.1) is 0 Å². The van der Waals surface area contributed by atoms with Crippen molar-refractivity contribution in [2.75, 3.05) is 19.0 Å². The minimum atomic E-state index is 0.491. The number of benzene rings is 1. The lowest BCUT2D eigenvalue weighted by molar-refractivity contribution is 1.01. The first kappa shape index (κ1) is 9.93. The van der Waals surface area contributed by atoms with E-state index in [1.807, 2.05) is 26.2 Å². The van der Waals surface area contributed by atoms with Crippen LogP contribution in [0.3, 0.4) is 0 Å². The van der Waals surface area contributed by atoms with Gasteiger partial charge in [-0.3, -0.25) is 4.98 Å². The predicted molar refractivity (Wildman–Crippen MR) is 64.0 cm³/mol. The zero-order valence-corrected chi connectivity index (χ0v) is 9.07. The van der Waals surface area contributed by atoms with E-state index >= 15 is 0 Å². The lowest BCUT2D eigenvalue weighted by Gasteiger charge is -2.12. The molecule has 0 radical (unpaired) electrons. The first-order valence-electron chi connectivity index (χ1n) is 4.98. The molecule has 0 unspecified atom stereocenters. The van der Waals surface area contributed by atoms with Gasteiger partial charge in [0, 0.05) is 31.7 Å². The van der Waals surface area contributed by atoms with E-state index < -0.39 is 0 Å². The fourth-order valence-corrected chi connectivity index (χ4v) is 1.55. The van der Waals surface area contributed by atoms with Gasteiger partial charge in [0.05, 0.1) is 11.2 Å². The quantitative estimate of drug-likeness (QED) is 0.805. The highest BCUT2D eigenvalue weighted by molar-refractivity contribution is 5.82. The van der Waals surface area contributed by atoms with Crippen molar-refractivity contribution in [2.45, 2.75) is 6.54 Å². The van der Waals surface area contributed by atoms with E-state index in [2.05, 4.69) is 28.1 Å². The predicted octanol–water partition coefficient (Wildman–Crippen LogP) is 1.76. The van der Waals surface area contributed by atoms with Gasteiger partial charge in [-0.1, -0.05) is 6.07 Å². The van der Waals surface area contributed by atoms with Crippen molar-refractivity contribution in [3.63, 3.8) is 0 Å². The van der Waals surface area contributed by atoms with Crippen LogP contribution in [-0.2, 0) is 6.54 Å². The van der Waals surface area contributed by atoms with Gasteiger partial charge in [0.25, 0.3) is 0 Å². The molecule has 1 aromatic carbocycles. The van der Waals surface area contributed by atoms with Crippen molar-refractivity contribution in [3.05, 3.63) is 36.0 Å². The van der Waals surface area contributed by atoms with Crippen LogP contribution in [0.4, 0.5) is 5.69 Å². The molecular weight excluding hydrogens is 186 g/mol. The number of nitrogens with zero attached hydrogens (tertiary/aromatic N) is 2. The standard InChI is InChI=1S/C12H15N3/c1-15(2)11-5-6-12-9(7-11)3-4-10(8-13)14-12/h3-7H,8,13H2,1-2H3. The van der Waals surface area contributed by atoms with Gasteiger partial charge in [-0.2, -0.15) is 0 Å². The maximum atomic E-state index is 5.55. The highest BCUT2D eigenvalue weighted by Crippen LogP contribution is 2.19. The molecular formula is C12H15N3. The fraction of sp³-hybridized carbons (Fsp3) is 0.250. The number of anilines is 1. The Morgan fingerprint density at radius 3 is 2.67 bits per heavy atom. The summed E-state index contributed by atoms with van der Waals surface area (Å²) >= 11 is 0. The summed E-state index contributed by atoms with van der Waals surface area (Å²) in [6.45, 7) is 0.491. The molecule has 3 heteroatoms. The number of pyridine rings is 1. The average molecular weight is 201 g/mol. The van der Waals surface area contributed by atoms with Crippen LogP contribution in [0.15, 0.2) is 30.3 Å². The molecule has 1 heterocycles. The first-order valence-corrected chi connectivity index (χ1v) is 4.98. The summed E-state index contributed by atoms with van der Waals surface area (Å²) in [4.78, 5) is 6.53. The molecule has 0 spiro atoms. The molecule has 0 aliphatic carbocycles.